The number of rotatable bonds is 5. The van der Waals surface area contributed by atoms with Crippen LogP contribution in [0.15, 0.2) is 0 Å². The molecule has 0 aromatic carbocycles. The van der Waals surface area contributed by atoms with E-state index in [1.807, 2.05) is 0 Å². The summed E-state index contributed by atoms with van der Waals surface area (Å²) in [6, 6.07) is 0. The molecule has 3 atom stereocenters. The van der Waals surface area contributed by atoms with Crippen molar-refractivity contribution in [2.45, 2.75) is 64.6 Å². The van der Waals surface area contributed by atoms with Crippen LogP contribution in [0.3, 0.4) is 0 Å². The summed E-state index contributed by atoms with van der Waals surface area (Å²) in [6.07, 6.45) is 8.46. The van der Waals surface area contributed by atoms with Gasteiger partial charge in [0.1, 0.15) is 0 Å². The Morgan fingerprint density at radius 1 is 1.36 bits per heavy atom. The molecule has 1 fully saturated rings. The Balaban J connectivity index is 2.32. The molecule has 3 unspecified atom stereocenters. The van der Waals surface area contributed by atoms with Gasteiger partial charge in [0.2, 0.25) is 0 Å². The predicted molar refractivity (Wildman–Crippen MR) is 60.3 cm³/mol. The molecule has 84 valence electrons. The van der Waals surface area contributed by atoms with Gasteiger partial charge in [-0.25, -0.2) is 0 Å². The molecule has 0 aromatic heterocycles. The van der Waals surface area contributed by atoms with Gasteiger partial charge in [-0.15, -0.1) is 0 Å². The number of ether oxygens (including phenoxy) is 1. The molecule has 1 aliphatic rings. The summed E-state index contributed by atoms with van der Waals surface area (Å²) in [7, 11) is 0. The summed E-state index contributed by atoms with van der Waals surface area (Å²) in [4.78, 5) is 0. The van der Waals surface area contributed by atoms with Crippen molar-refractivity contribution in [3.63, 3.8) is 0 Å². The van der Waals surface area contributed by atoms with E-state index in [-0.39, 0.29) is 0 Å². The van der Waals surface area contributed by atoms with Crippen LogP contribution in [-0.4, -0.2) is 18.8 Å². The summed E-state index contributed by atoms with van der Waals surface area (Å²) in [5, 5.41) is 0. The van der Waals surface area contributed by atoms with Crippen molar-refractivity contribution in [3.05, 3.63) is 0 Å². The van der Waals surface area contributed by atoms with Crippen molar-refractivity contribution in [1.29, 1.82) is 0 Å². The van der Waals surface area contributed by atoms with Crippen molar-refractivity contribution in [1.82, 2.24) is 0 Å². The summed E-state index contributed by atoms with van der Waals surface area (Å²) in [5.74, 6) is 0.795. The molecule has 0 aliphatic heterocycles. The SMILES string of the molecule is CCC1CCCCC1OC(C)CCN. The molecule has 2 nitrogen and oxygen atoms in total. The first-order valence-electron chi connectivity index (χ1n) is 6.13. The maximum Gasteiger partial charge on any atom is 0.0606 e. The Bertz CT molecular complexity index is 149. The molecule has 0 aromatic rings. The van der Waals surface area contributed by atoms with Crippen LogP contribution < -0.4 is 5.73 Å². The van der Waals surface area contributed by atoms with Gasteiger partial charge in [-0.2, -0.15) is 0 Å². The van der Waals surface area contributed by atoms with Crippen LogP contribution in [0.2, 0.25) is 0 Å². The molecule has 1 rings (SSSR count). The van der Waals surface area contributed by atoms with Crippen LogP contribution in [0, 0.1) is 5.92 Å². The molecule has 1 aliphatic carbocycles. The van der Waals surface area contributed by atoms with Crippen molar-refractivity contribution in [2.24, 2.45) is 11.7 Å². The highest BCUT2D eigenvalue weighted by atomic mass is 16.5. The van der Waals surface area contributed by atoms with E-state index in [1.54, 1.807) is 0 Å². The first-order valence-corrected chi connectivity index (χ1v) is 6.13. The average Bonchev–Trinajstić information content (AvgIpc) is 2.19. The third kappa shape index (κ3) is 3.58. The Kier molecular flexibility index (Phi) is 5.49. The fraction of sp³-hybridized carbons (Fsp3) is 1.00. The van der Waals surface area contributed by atoms with Crippen LogP contribution in [-0.2, 0) is 4.74 Å². The molecule has 0 amide bonds. The molecule has 0 heterocycles. The van der Waals surface area contributed by atoms with Gasteiger partial charge in [-0.1, -0.05) is 26.2 Å². The lowest BCUT2D eigenvalue weighted by Crippen LogP contribution is -2.31. The number of nitrogens with two attached hydrogens (primary N) is 1. The monoisotopic (exact) mass is 199 g/mol. The Morgan fingerprint density at radius 2 is 2.07 bits per heavy atom. The van der Waals surface area contributed by atoms with E-state index in [4.69, 9.17) is 10.5 Å². The van der Waals surface area contributed by atoms with E-state index in [0.29, 0.717) is 12.2 Å². The highest BCUT2D eigenvalue weighted by Crippen LogP contribution is 2.30. The van der Waals surface area contributed by atoms with Crippen LogP contribution in [0.25, 0.3) is 0 Å². The molecular formula is C12H25NO. The van der Waals surface area contributed by atoms with Crippen molar-refractivity contribution < 1.29 is 4.74 Å². The van der Waals surface area contributed by atoms with Gasteiger partial charge in [0.25, 0.3) is 0 Å². The largest absolute Gasteiger partial charge is 0.375 e. The minimum Gasteiger partial charge on any atom is -0.375 e. The lowest BCUT2D eigenvalue weighted by atomic mass is 9.84. The van der Waals surface area contributed by atoms with Crippen molar-refractivity contribution in [3.8, 4) is 0 Å². The molecule has 14 heavy (non-hydrogen) atoms. The average molecular weight is 199 g/mol. The quantitative estimate of drug-likeness (QED) is 0.739. The second-order valence-electron chi connectivity index (χ2n) is 4.52. The third-order valence-electron chi connectivity index (χ3n) is 3.34. The molecule has 2 heteroatoms. The first kappa shape index (κ1) is 12.0. The summed E-state index contributed by atoms with van der Waals surface area (Å²) in [6.45, 7) is 5.17. The normalized spacial score (nSPS) is 30.2. The molecule has 0 bridgehead atoms. The highest BCUT2D eigenvalue weighted by molar-refractivity contribution is 4.75. The zero-order chi connectivity index (χ0) is 10.4. The van der Waals surface area contributed by atoms with E-state index in [9.17, 15) is 0 Å². The van der Waals surface area contributed by atoms with Crippen molar-refractivity contribution >= 4 is 0 Å². The number of hydrogen-bond acceptors (Lipinski definition) is 2. The first-order chi connectivity index (χ1) is 6.77. The molecular weight excluding hydrogens is 174 g/mol. The maximum absolute atomic E-state index is 6.06. The smallest absolute Gasteiger partial charge is 0.0606 e. The van der Waals surface area contributed by atoms with E-state index >= 15 is 0 Å². The van der Waals surface area contributed by atoms with Crippen molar-refractivity contribution in [2.75, 3.05) is 6.54 Å². The zero-order valence-electron chi connectivity index (χ0n) is 9.67. The molecule has 0 spiro atoms. The zero-order valence-corrected chi connectivity index (χ0v) is 9.67. The summed E-state index contributed by atoms with van der Waals surface area (Å²) < 4.78 is 6.06. The third-order valence-corrected chi connectivity index (χ3v) is 3.34. The Labute approximate surface area is 88.2 Å². The summed E-state index contributed by atoms with van der Waals surface area (Å²) in [5.41, 5.74) is 5.52. The standard InChI is InChI=1S/C12H25NO/c1-3-11-6-4-5-7-12(11)14-10(2)8-9-13/h10-12H,3-9,13H2,1-2H3. The van der Waals surface area contributed by atoms with Crippen LogP contribution >= 0.6 is 0 Å². The van der Waals surface area contributed by atoms with Gasteiger partial charge < -0.3 is 10.5 Å². The minimum absolute atomic E-state index is 0.345. The Hall–Kier alpha value is -0.0800. The maximum atomic E-state index is 6.06. The van der Waals surface area contributed by atoms with Crippen LogP contribution in [0.5, 0.6) is 0 Å². The van der Waals surface area contributed by atoms with Gasteiger partial charge in [0, 0.05) is 0 Å². The number of hydrogen-bond donors (Lipinski definition) is 1. The van der Waals surface area contributed by atoms with E-state index in [2.05, 4.69) is 13.8 Å². The van der Waals surface area contributed by atoms with Gasteiger partial charge in [-0.05, 0) is 38.6 Å². The molecule has 0 saturated heterocycles. The van der Waals surface area contributed by atoms with Gasteiger partial charge in [0.15, 0.2) is 0 Å². The van der Waals surface area contributed by atoms with E-state index < -0.39 is 0 Å². The highest BCUT2D eigenvalue weighted by Gasteiger charge is 2.25. The lowest BCUT2D eigenvalue weighted by molar-refractivity contribution is -0.0549. The molecule has 1 saturated carbocycles. The summed E-state index contributed by atoms with van der Waals surface area (Å²) >= 11 is 0. The van der Waals surface area contributed by atoms with Crippen LogP contribution in [0.1, 0.15) is 52.4 Å². The fourth-order valence-corrected chi connectivity index (χ4v) is 2.42. The predicted octanol–water partition coefficient (Wildman–Crippen LogP) is 2.71. The molecule has 0 radical (unpaired) electrons. The van der Waals surface area contributed by atoms with Crippen LogP contribution in [0.4, 0.5) is 0 Å². The van der Waals surface area contributed by atoms with Gasteiger partial charge in [-0.3, -0.25) is 0 Å². The Morgan fingerprint density at radius 3 is 2.71 bits per heavy atom. The second kappa shape index (κ2) is 6.41. The lowest BCUT2D eigenvalue weighted by Gasteiger charge is -2.33. The van der Waals surface area contributed by atoms with Gasteiger partial charge in [0.05, 0.1) is 12.2 Å². The van der Waals surface area contributed by atoms with E-state index in [0.717, 1.165) is 18.9 Å². The fourth-order valence-electron chi connectivity index (χ4n) is 2.42. The minimum atomic E-state index is 0.345. The topological polar surface area (TPSA) is 35.2 Å². The van der Waals surface area contributed by atoms with E-state index in [1.165, 1.54) is 32.1 Å². The molecule has 2 N–H and O–H groups in total. The van der Waals surface area contributed by atoms with Gasteiger partial charge >= 0.3 is 0 Å². The second-order valence-corrected chi connectivity index (χ2v) is 4.52.